The quantitative estimate of drug-likeness (QED) is 0.844. The summed E-state index contributed by atoms with van der Waals surface area (Å²) in [6.07, 6.45) is 3.64. The molecule has 2 nitrogen and oxygen atoms in total. The molecular weight excluding hydrogens is 198 g/mol. The first kappa shape index (κ1) is 11.6. The molecule has 0 aliphatic carbocycles. The third-order valence-corrected chi connectivity index (χ3v) is 3.66. The zero-order valence-electron chi connectivity index (χ0n) is 9.97. The van der Waals surface area contributed by atoms with Crippen LogP contribution in [0, 0.1) is 0 Å². The normalized spacial score (nSPS) is 24.2. The topological polar surface area (TPSA) is 23.5 Å². The summed E-state index contributed by atoms with van der Waals surface area (Å²) in [6.45, 7) is 3.64. The van der Waals surface area contributed by atoms with E-state index in [2.05, 4.69) is 42.2 Å². The van der Waals surface area contributed by atoms with Crippen molar-refractivity contribution < 1.29 is 5.11 Å². The van der Waals surface area contributed by atoms with Crippen molar-refractivity contribution in [3.8, 4) is 0 Å². The molecule has 1 aliphatic heterocycles. The van der Waals surface area contributed by atoms with Crippen LogP contribution in [-0.2, 0) is 0 Å². The highest BCUT2D eigenvalue weighted by Gasteiger charge is 2.26. The fraction of sp³-hybridized carbons (Fsp3) is 0.571. The molecule has 0 bridgehead atoms. The molecule has 1 unspecified atom stereocenters. The first-order chi connectivity index (χ1) is 7.83. The van der Waals surface area contributed by atoms with Crippen molar-refractivity contribution in [2.45, 2.75) is 38.3 Å². The summed E-state index contributed by atoms with van der Waals surface area (Å²) in [7, 11) is 0. The van der Waals surface area contributed by atoms with Crippen molar-refractivity contribution in [1.29, 1.82) is 0 Å². The van der Waals surface area contributed by atoms with E-state index in [0.717, 1.165) is 13.0 Å². The maximum absolute atomic E-state index is 9.42. The van der Waals surface area contributed by atoms with Gasteiger partial charge in [0.2, 0.25) is 0 Å². The third-order valence-electron chi connectivity index (χ3n) is 3.66. The summed E-state index contributed by atoms with van der Waals surface area (Å²) in [6, 6.07) is 11.3. The summed E-state index contributed by atoms with van der Waals surface area (Å²) in [4.78, 5) is 2.44. The fourth-order valence-corrected chi connectivity index (χ4v) is 2.65. The summed E-state index contributed by atoms with van der Waals surface area (Å²) in [5.74, 6) is 0. The van der Waals surface area contributed by atoms with Crippen molar-refractivity contribution >= 4 is 0 Å². The Morgan fingerprint density at radius 2 is 2.06 bits per heavy atom. The highest BCUT2D eigenvalue weighted by molar-refractivity contribution is 5.18. The minimum atomic E-state index is 0.289. The molecule has 1 heterocycles. The fourth-order valence-electron chi connectivity index (χ4n) is 2.65. The Kier molecular flexibility index (Phi) is 3.97. The lowest BCUT2D eigenvalue weighted by Crippen LogP contribution is -2.43. The Hall–Kier alpha value is -0.860. The van der Waals surface area contributed by atoms with E-state index in [1.54, 1.807) is 0 Å². The van der Waals surface area contributed by atoms with E-state index in [9.17, 15) is 5.11 Å². The van der Waals surface area contributed by atoms with Crippen LogP contribution in [0.1, 0.15) is 37.8 Å². The van der Waals surface area contributed by atoms with Crippen LogP contribution < -0.4 is 0 Å². The molecule has 0 spiro atoms. The molecule has 1 aromatic rings. The average Bonchev–Trinajstić information content (AvgIpc) is 2.39. The second kappa shape index (κ2) is 5.46. The van der Waals surface area contributed by atoms with Crippen molar-refractivity contribution in [1.82, 2.24) is 4.90 Å². The van der Waals surface area contributed by atoms with Gasteiger partial charge in [-0.15, -0.1) is 0 Å². The number of aliphatic hydroxyl groups is 1. The van der Waals surface area contributed by atoms with Crippen molar-refractivity contribution in [3.05, 3.63) is 35.9 Å². The standard InChI is InChI=1S/C14H21NO/c1-12(13-7-3-2-4-8-13)15-10-6-5-9-14(15)11-16/h2-4,7-8,12,14,16H,5-6,9-11H2,1H3/t12?,14-/m1/s1. The molecule has 1 aromatic carbocycles. The second-order valence-electron chi connectivity index (χ2n) is 4.66. The van der Waals surface area contributed by atoms with Crippen molar-refractivity contribution in [2.24, 2.45) is 0 Å². The van der Waals surface area contributed by atoms with E-state index >= 15 is 0 Å². The Balaban J connectivity index is 2.10. The number of rotatable bonds is 3. The van der Waals surface area contributed by atoms with Gasteiger partial charge in [0.05, 0.1) is 6.61 Å². The van der Waals surface area contributed by atoms with Gasteiger partial charge in [0.15, 0.2) is 0 Å². The van der Waals surface area contributed by atoms with Gasteiger partial charge in [-0.1, -0.05) is 36.8 Å². The lowest BCUT2D eigenvalue weighted by Gasteiger charge is -2.39. The van der Waals surface area contributed by atoms with Gasteiger partial charge in [0.1, 0.15) is 0 Å². The monoisotopic (exact) mass is 219 g/mol. The maximum Gasteiger partial charge on any atom is 0.0587 e. The van der Waals surface area contributed by atoms with Gasteiger partial charge in [-0.25, -0.2) is 0 Å². The van der Waals surface area contributed by atoms with Gasteiger partial charge < -0.3 is 5.11 Å². The molecule has 1 aliphatic rings. The van der Waals surface area contributed by atoms with E-state index in [1.807, 2.05) is 0 Å². The Morgan fingerprint density at radius 3 is 2.75 bits per heavy atom. The largest absolute Gasteiger partial charge is 0.395 e. The zero-order valence-corrected chi connectivity index (χ0v) is 9.97. The Bertz CT molecular complexity index is 312. The third kappa shape index (κ3) is 2.45. The molecular formula is C14H21NO. The van der Waals surface area contributed by atoms with Gasteiger partial charge in [-0.3, -0.25) is 4.90 Å². The number of hydrogen-bond acceptors (Lipinski definition) is 2. The molecule has 1 N–H and O–H groups in total. The van der Waals surface area contributed by atoms with Crippen LogP contribution in [0.5, 0.6) is 0 Å². The predicted molar refractivity (Wildman–Crippen MR) is 66.3 cm³/mol. The number of hydrogen-bond donors (Lipinski definition) is 1. The smallest absolute Gasteiger partial charge is 0.0587 e. The van der Waals surface area contributed by atoms with Crippen LogP contribution in [0.4, 0.5) is 0 Å². The first-order valence-electron chi connectivity index (χ1n) is 6.24. The lowest BCUT2D eigenvalue weighted by molar-refractivity contribution is 0.0588. The molecule has 2 atom stereocenters. The molecule has 88 valence electrons. The molecule has 0 aromatic heterocycles. The number of piperidine rings is 1. The Morgan fingerprint density at radius 1 is 1.31 bits per heavy atom. The molecule has 0 radical (unpaired) electrons. The molecule has 2 rings (SSSR count). The average molecular weight is 219 g/mol. The van der Waals surface area contributed by atoms with Crippen molar-refractivity contribution in [2.75, 3.05) is 13.2 Å². The number of aliphatic hydroxyl groups excluding tert-OH is 1. The highest BCUT2D eigenvalue weighted by Crippen LogP contribution is 2.27. The maximum atomic E-state index is 9.42. The predicted octanol–water partition coefficient (Wildman–Crippen LogP) is 2.59. The zero-order chi connectivity index (χ0) is 11.4. The van der Waals surface area contributed by atoms with E-state index in [0.29, 0.717) is 12.1 Å². The summed E-state index contributed by atoms with van der Waals surface area (Å²) < 4.78 is 0. The molecule has 0 saturated carbocycles. The minimum Gasteiger partial charge on any atom is -0.395 e. The van der Waals surface area contributed by atoms with Crippen LogP contribution >= 0.6 is 0 Å². The van der Waals surface area contributed by atoms with Gasteiger partial charge >= 0.3 is 0 Å². The molecule has 0 amide bonds. The summed E-state index contributed by atoms with van der Waals surface area (Å²) in [5.41, 5.74) is 1.35. The van der Waals surface area contributed by atoms with Crippen LogP contribution in [0.25, 0.3) is 0 Å². The van der Waals surface area contributed by atoms with Gasteiger partial charge in [0, 0.05) is 12.1 Å². The summed E-state index contributed by atoms with van der Waals surface area (Å²) in [5, 5.41) is 9.42. The van der Waals surface area contributed by atoms with Crippen LogP contribution in [0.2, 0.25) is 0 Å². The number of nitrogens with zero attached hydrogens (tertiary/aromatic N) is 1. The molecule has 16 heavy (non-hydrogen) atoms. The van der Waals surface area contributed by atoms with Crippen LogP contribution in [0.3, 0.4) is 0 Å². The summed E-state index contributed by atoms with van der Waals surface area (Å²) >= 11 is 0. The minimum absolute atomic E-state index is 0.289. The SMILES string of the molecule is CC(c1ccccc1)N1CCCC[C@@H]1CO. The van der Waals surface area contributed by atoms with E-state index in [4.69, 9.17) is 0 Å². The number of likely N-dealkylation sites (tertiary alicyclic amines) is 1. The molecule has 2 heteroatoms. The highest BCUT2D eigenvalue weighted by atomic mass is 16.3. The molecule has 1 fully saturated rings. The first-order valence-corrected chi connectivity index (χ1v) is 6.24. The van der Waals surface area contributed by atoms with E-state index < -0.39 is 0 Å². The van der Waals surface area contributed by atoms with E-state index in [1.165, 1.54) is 18.4 Å². The van der Waals surface area contributed by atoms with E-state index in [-0.39, 0.29) is 6.61 Å². The van der Waals surface area contributed by atoms with Crippen LogP contribution in [0.15, 0.2) is 30.3 Å². The van der Waals surface area contributed by atoms with Gasteiger partial charge in [-0.05, 0) is 31.9 Å². The Labute approximate surface area is 97.9 Å². The number of benzene rings is 1. The van der Waals surface area contributed by atoms with Gasteiger partial charge in [-0.2, -0.15) is 0 Å². The lowest BCUT2D eigenvalue weighted by atomic mass is 9.97. The van der Waals surface area contributed by atoms with Crippen molar-refractivity contribution in [3.63, 3.8) is 0 Å². The molecule has 1 saturated heterocycles. The van der Waals surface area contributed by atoms with Gasteiger partial charge in [0.25, 0.3) is 0 Å². The second-order valence-corrected chi connectivity index (χ2v) is 4.66. The van der Waals surface area contributed by atoms with Crippen LogP contribution in [-0.4, -0.2) is 29.2 Å².